The van der Waals surface area contributed by atoms with Gasteiger partial charge >= 0.3 is 0 Å². The van der Waals surface area contributed by atoms with Gasteiger partial charge in [0.05, 0.1) is 0 Å². The number of aromatic nitrogens is 5. The molecule has 1 aromatic carbocycles. The number of benzene rings is 1. The van der Waals surface area contributed by atoms with Crippen molar-refractivity contribution in [3.8, 4) is 11.5 Å². The molecule has 7 nitrogen and oxygen atoms in total. The fourth-order valence-electron chi connectivity index (χ4n) is 2.52. The highest BCUT2D eigenvalue weighted by Gasteiger charge is 2.23. The molecular weight excluding hydrogens is 318 g/mol. The van der Waals surface area contributed by atoms with Crippen LogP contribution in [-0.2, 0) is 6.54 Å². The first-order valence-corrected chi connectivity index (χ1v) is 6.96. The van der Waals surface area contributed by atoms with E-state index in [9.17, 15) is 8.78 Å². The fraction of sp³-hybridized carbons (Fsp3) is 0.0667. The van der Waals surface area contributed by atoms with Gasteiger partial charge in [0.2, 0.25) is 0 Å². The molecular formula is C15H10F2N6O. The van der Waals surface area contributed by atoms with E-state index in [1.54, 1.807) is 24.5 Å². The molecule has 3 aromatic heterocycles. The average molecular weight is 328 g/mol. The Morgan fingerprint density at radius 3 is 2.50 bits per heavy atom. The SMILES string of the molecule is Nc1nonc1-c1nc2c(F)ccc(F)c2n1Cc1ccncc1. The van der Waals surface area contributed by atoms with E-state index in [-0.39, 0.29) is 34.9 Å². The first kappa shape index (κ1) is 14.2. The normalized spacial score (nSPS) is 11.2. The van der Waals surface area contributed by atoms with Crippen molar-refractivity contribution in [3.63, 3.8) is 0 Å². The Bertz CT molecular complexity index is 1030. The lowest BCUT2D eigenvalue weighted by molar-refractivity contribution is 0.310. The summed E-state index contributed by atoms with van der Waals surface area (Å²) < 4.78 is 34.5. The summed E-state index contributed by atoms with van der Waals surface area (Å²) in [5.41, 5.74) is 6.57. The second-order valence-corrected chi connectivity index (χ2v) is 5.10. The zero-order chi connectivity index (χ0) is 16.7. The van der Waals surface area contributed by atoms with Gasteiger partial charge in [0, 0.05) is 18.9 Å². The van der Waals surface area contributed by atoms with E-state index in [0.717, 1.165) is 17.7 Å². The Kier molecular flexibility index (Phi) is 3.19. The molecule has 0 fully saturated rings. The number of anilines is 1. The molecule has 0 radical (unpaired) electrons. The first-order chi connectivity index (χ1) is 11.6. The number of imidazole rings is 1. The molecule has 9 heteroatoms. The van der Waals surface area contributed by atoms with Crippen molar-refractivity contribution in [1.82, 2.24) is 24.8 Å². The maximum absolute atomic E-state index is 14.4. The van der Waals surface area contributed by atoms with Crippen LogP contribution in [0, 0.1) is 11.6 Å². The molecule has 0 bridgehead atoms. The van der Waals surface area contributed by atoms with Crippen LogP contribution in [0.15, 0.2) is 41.3 Å². The average Bonchev–Trinajstić information content (AvgIpc) is 3.16. The van der Waals surface area contributed by atoms with Crippen LogP contribution in [0.2, 0.25) is 0 Å². The van der Waals surface area contributed by atoms with Gasteiger partial charge in [-0.15, -0.1) is 0 Å². The lowest BCUT2D eigenvalue weighted by atomic mass is 10.2. The van der Waals surface area contributed by atoms with E-state index in [0.29, 0.717) is 0 Å². The molecule has 0 aliphatic rings. The van der Waals surface area contributed by atoms with Gasteiger partial charge in [-0.3, -0.25) is 4.98 Å². The molecule has 2 N–H and O–H groups in total. The lowest BCUT2D eigenvalue weighted by Crippen LogP contribution is -2.05. The van der Waals surface area contributed by atoms with Crippen LogP contribution in [-0.4, -0.2) is 24.8 Å². The van der Waals surface area contributed by atoms with Crippen molar-refractivity contribution >= 4 is 16.9 Å². The van der Waals surface area contributed by atoms with Gasteiger partial charge in [-0.1, -0.05) is 0 Å². The summed E-state index contributed by atoms with van der Waals surface area (Å²) in [6.07, 6.45) is 3.22. The van der Waals surface area contributed by atoms with E-state index < -0.39 is 11.6 Å². The zero-order valence-corrected chi connectivity index (χ0v) is 12.1. The van der Waals surface area contributed by atoms with Crippen LogP contribution in [0.3, 0.4) is 0 Å². The van der Waals surface area contributed by atoms with E-state index in [1.165, 1.54) is 4.57 Å². The molecule has 0 saturated heterocycles. The molecule has 0 spiro atoms. The smallest absolute Gasteiger partial charge is 0.199 e. The minimum Gasteiger partial charge on any atom is -0.379 e. The van der Waals surface area contributed by atoms with E-state index in [1.807, 2.05) is 0 Å². The Morgan fingerprint density at radius 2 is 1.79 bits per heavy atom. The minimum atomic E-state index is -0.642. The number of nitrogens with zero attached hydrogens (tertiary/aromatic N) is 5. The largest absolute Gasteiger partial charge is 0.379 e. The summed E-state index contributed by atoms with van der Waals surface area (Å²) in [4.78, 5) is 8.10. The quantitative estimate of drug-likeness (QED) is 0.620. The van der Waals surface area contributed by atoms with Crippen LogP contribution >= 0.6 is 0 Å². The lowest BCUT2D eigenvalue weighted by Gasteiger charge is -2.08. The monoisotopic (exact) mass is 328 g/mol. The molecule has 4 aromatic rings. The Hall–Kier alpha value is -3.36. The zero-order valence-electron chi connectivity index (χ0n) is 12.1. The van der Waals surface area contributed by atoms with E-state index in [4.69, 9.17) is 5.73 Å². The van der Waals surface area contributed by atoms with Crippen LogP contribution in [0.5, 0.6) is 0 Å². The van der Waals surface area contributed by atoms with Crippen molar-refractivity contribution in [1.29, 1.82) is 0 Å². The van der Waals surface area contributed by atoms with Gasteiger partial charge in [-0.05, 0) is 40.1 Å². The van der Waals surface area contributed by atoms with Crippen LogP contribution in [0.1, 0.15) is 5.56 Å². The Morgan fingerprint density at radius 1 is 1.04 bits per heavy atom. The summed E-state index contributed by atoms with van der Waals surface area (Å²) in [6, 6.07) is 5.60. The first-order valence-electron chi connectivity index (χ1n) is 6.96. The fourth-order valence-corrected chi connectivity index (χ4v) is 2.52. The summed E-state index contributed by atoms with van der Waals surface area (Å²) >= 11 is 0. The van der Waals surface area contributed by atoms with Crippen molar-refractivity contribution < 1.29 is 13.4 Å². The van der Waals surface area contributed by atoms with Gasteiger partial charge in [0.25, 0.3) is 0 Å². The highest BCUT2D eigenvalue weighted by atomic mass is 19.1. The van der Waals surface area contributed by atoms with Crippen molar-refractivity contribution in [2.75, 3.05) is 5.73 Å². The van der Waals surface area contributed by atoms with Crippen molar-refractivity contribution in [3.05, 3.63) is 53.9 Å². The summed E-state index contributed by atoms with van der Waals surface area (Å²) in [5, 5.41) is 7.19. The molecule has 0 aliphatic heterocycles. The van der Waals surface area contributed by atoms with Gasteiger partial charge in [-0.2, -0.15) is 0 Å². The van der Waals surface area contributed by atoms with Crippen LogP contribution in [0.25, 0.3) is 22.6 Å². The number of fused-ring (bicyclic) bond motifs is 1. The maximum Gasteiger partial charge on any atom is 0.199 e. The van der Waals surface area contributed by atoms with Crippen LogP contribution in [0.4, 0.5) is 14.6 Å². The predicted octanol–water partition coefficient (Wildman–Crippen LogP) is 2.39. The summed E-state index contributed by atoms with van der Waals surface area (Å²) in [6.45, 7) is 0.223. The van der Waals surface area contributed by atoms with Gasteiger partial charge in [0.1, 0.15) is 16.9 Å². The number of rotatable bonds is 3. The second-order valence-electron chi connectivity index (χ2n) is 5.10. The van der Waals surface area contributed by atoms with Crippen molar-refractivity contribution in [2.45, 2.75) is 6.54 Å². The van der Waals surface area contributed by atoms with Gasteiger partial charge in [-0.25, -0.2) is 18.4 Å². The molecule has 0 aliphatic carbocycles. The number of pyridine rings is 1. The van der Waals surface area contributed by atoms with E-state index >= 15 is 0 Å². The highest BCUT2D eigenvalue weighted by Crippen LogP contribution is 2.30. The number of halogens is 2. The highest BCUT2D eigenvalue weighted by molar-refractivity contribution is 5.82. The molecule has 3 heterocycles. The van der Waals surface area contributed by atoms with Crippen molar-refractivity contribution in [2.24, 2.45) is 0 Å². The molecule has 0 unspecified atom stereocenters. The number of nitrogens with two attached hydrogens (primary N) is 1. The Balaban J connectivity index is 2.01. The third-order valence-electron chi connectivity index (χ3n) is 3.61. The number of hydrogen-bond acceptors (Lipinski definition) is 6. The molecule has 4 rings (SSSR count). The molecule has 0 amide bonds. The van der Waals surface area contributed by atoms with Crippen LogP contribution < -0.4 is 5.73 Å². The molecule has 0 atom stereocenters. The number of nitrogen functional groups attached to an aromatic ring is 1. The standard InChI is InChI=1S/C15H10F2N6O/c16-9-1-2-10(17)13-11(9)20-15(12-14(18)22-24-21-12)23(13)7-8-3-5-19-6-4-8/h1-6H,7H2,(H2,18,22). The van der Waals surface area contributed by atoms with E-state index in [2.05, 4.69) is 24.9 Å². The third kappa shape index (κ3) is 2.18. The van der Waals surface area contributed by atoms with Gasteiger partial charge < -0.3 is 10.3 Å². The Labute approximate surface area is 133 Å². The summed E-state index contributed by atoms with van der Waals surface area (Å²) in [5.74, 6) is -1.09. The van der Waals surface area contributed by atoms with Gasteiger partial charge in [0.15, 0.2) is 23.2 Å². The molecule has 24 heavy (non-hydrogen) atoms. The summed E-state index contributed by atoms with van der Waals surface area (Å²) in [7, 11) is 0. The molecule has 120 valence electrons. The second kappa shape index (κ2) is 5.37. The topological polar surface area (TPSA) is 95.6 Å². The number of hydrogen-bond donors (Lipinski definition) is 1. The molecule has 0 saturated carbocycles. The maximum atomic E-state index is 14.4. The minimum absolute atomic E-state index is 0.0119. The predicted molar refractivity (Wildman–Crippen MR) is 80.7 cm³/mol. The third-order valence-corrected chi connectivity index (χ3v) is 3.61.